The normalized spacial score (nSPS) is 17.2. The average molecular weight is 419 g/mol. The topological polar surface area (TPSA) is 103 Å². The van der Waals surface area contributed by atoms with Crippen LogP contribution < -0.4 is 15.5 Å². The number of hydrogen-bond acceptors (Lipinski definition) is 7. The number of benzene rings is 1. The number of rotatable bonds is 3. The Hall–Kier alpha value is -3.01. The van der Waals surface area contributed by atoms with Gasteiger partial charge in [0.15, 0.2) is 0 Å². The number of piperazine rings is 1. The zero-order chi connectivity index (χ0) is 21.5. The Bertz CT molecular complexity index is 781. The molecule has 1 aromatic carbocycles. The fourth-order valence-corrected chi connectivity index (χ4v) is 3.73. The number of nitrogens with one attached hydrogen (secondary N) is 2. The van der Waals surface area contributed by atoms with E-state index >= 15 is 0 Å². The second kappa shape index (κ2) is 10.1. The largest absolute Gasteiger partial charge is 0.453 e. The number of nitrogens with zero attached hydrogens (tertiary/aromatic N) is 3. The van der Waals surface area contributed by atoms with E-state index in [0.29, 0.717) is 50.5 Å². The van der Waals surface area contributed by atoms with Crippen LogP contribution in [0.4, 0.5) is 21.0 Å². The van der Waals surface area contributed by atoms with Crippen molar-refractivity contribution in [2.75, 3.05) is 76.8 Å². The van der Waals surface area contributed by atoms with Gasteiger partial charge in [0, 0.05) is 57.9 Å². The summed E-state index contributed by atoms with van der Waals surface area (Å²) in [6, 6.07) is 5.32. The van der Waals surface area contributed by atoms with E-state index in [1.165, 1.54) is 14.2 Å². The van der Waals surface area contributed by atoms with Crippen LogP contribution in [0.3, 0.4) is 0 Å². The second-order valence-corrected chi connectivity index (χ2v) is 7.19. The number of amides is 3. The third kappa shape index (κ3) is 5.12. The molecule has 3 rings (SSSR count). The van der Waals surface area contributed by atoms with Gasteiger partial charge in [0.25, 0.3) is 5.91 Å². The standard InChI is InChI=1S/C20H29N5O5/c1-29-19(27)22-16-14-15(18(26)24-10-6-21-7-11-24)4-5-17(16)23-8-3-9-25(13-12-23)20(28)30-2/h4-5,14,21H,3,6-13H2,1-2H3,(H,22,27). The smallest absolute Gasteiger partial charge is 0.411 e. The van der Waals surface area contributed by atoms with Gasteiger partial charge in [-0.05, 0) is 24.6 Å². The first-order valence-electron chi connectivity index (χ1n) is 10.1. The number of ether oxygens (including phenoxy) is 2. The predicted octanol–water partition coefficient (Wildman–Crippen LogP) is 1.19. The third-order valence-electron chi connectivity index (χ3n) is 5.34. The van der Waals surface area contributed by atoms with Crippen molar-refractivity contribution in [3.05, 3.63) is 23.8 Å². The molecule has 10 nitrogen and oxygen atoms in total. The molecule has 0 aromatic heterocycles. The van der Waals surface area contributed by atoms with Crippen molar-refractivity contribution in [1.82, 2.24) is 15.1 Å². The van der Waals surface area contributed by atoms with Crippen molar-refractivity contribution in [3.8, 4) is 0 Å². The van der Waals surface area contributed by atoms with Crippen molar-refractivity contribution in [2.45, 2.75) is 6.42 Å². The summed E-state index contributed by atoms with van der Waals surface area (Å²) in [4.78, 5) is 42.2. The van der Waals surface area contributed by atoms with Crippen molar-refractivity contribution in [2.24, 2.45) is 0 Å². The predicted molar refractivity (Wildman–Crippen MR) is 112 cm³/mol. The van der Waals surface area contributed by atoms with Gasteiger partial charge in [-0.25, -0.2) is 9.59 Å². The van der Waals surface area contributed by atoms with E-state index in [0.717, 1.165) is 25.2 Å². The van der Waals surface area contributed by atoms with Gasteiger partial charge < -0.3 is 29.5 Å². The Balaban J connectivity index is 1.83. The zero-order valence-electron chi connectivity index (χ0n) is 17.5. The highest BCUT2D eigenvalue weighted by atomic mass is 16.5. The maximum Gasteiger partial charge on any atom is 0.411 e. The zero-order valence-corrected chi connectivity index (χ0v) is 17.5. The van der Waals surface area contributed by atoms with E-state index in [1.807, 2.05) is 6.07 Å². The Morgan fingerprint density at radius 1 is 0.933 bits per heavy atom. The molecule has 3 amide bonds. The van der Waals surface area contributed by atoms with Crippen molar-refractivity contribution in [1.29, 1.82) is 0 Å². The lowest BCUT2D eigenvalue weighted by Gasteiger charge is -2.29. The van der Waals surface area contributed by atoms with Crippen LogP contribution in [-0.2, 0) is 9.47 Å². The van der Waals surface area contributed by atoms with E-state index in [2.05, 4.69) is 15.5 Å². The van der Waals surface area contributed by atoms with Crippen LogP contribution in [-0.4, -0.2) is 94.5 Å². The van der Waals surface area contributed by atoms with Gasteiger partial charge in [0.05, 0.1) is 25.6 Å². The van der Waals surface area contributed by atoms with Crippen molar-refractivity contribution < 1.29 is 23.9 Å². The van der Waals surface area contributed by atoms with Gasteiger partial charge in [-0.1, -0.05) is 0 Å². The van der Waals surface area contributed by atoms with Gasteiger partial charge in [0.1, 0.15) is 0 Å². The lowest BCUT2D eigenvalue weighted by molar-refractivity contribution is 0.0735. The Morgan fingerprint density at radius 3 is 2.40 bits per heavy atom. The highest BCUT2D eigenvalue weighted by Crippen LogP contribution is 2.29. The summed E-state index contributed by atoms with van der Waals surface area (Å²) >= 11 is 0. The molecular weight excluding hydrogens is 390 g/mol. The highest BCUT2D eigenvalue weighted by molar-refractivity contribution is 5.98. The lowest BCUT2D eigenvalue weighted by atomic mass is 10.1. The maximum absolute atomic E-state index is 12.9. The van der Waals surface area contributed by atoms with Gasteiger partial charge in [-0.2, -0.15) is 0 Å². The van der Waals surface area contributed by atoms with Crippen molar-refractivity contribution in [3.63, 3.8) is 0 Å². The van der Waals surface area contributed by atoms with Gasteiger partial charge in [0.2, 0.25) is 0 Å². The summed E-state index contributed by atoms with van der Waals surface area (Å²) in [5, 5.41) is 5.96. The molecule has 1 aromatic rings. The molecule has 2 N–H and O–H groups in total. The van der Waals surface area contributed by atoms with E-state index in [9.17, 15) is 14.4 Å². The van der Waals surface area contributed by atoms with E-state index in [1.54, 1.807) is 21.9 Å². The Labute approximate surface area is 176 Å². The number of hydrogen-bond donors (Lipinski definition) is 2. The second-order valence-electron chi connectivity index (χ2n) is 7.19. The van der Waals surface area contributed by atoms with Crippen LogP contribution in [0.5, 0.6) is 0 Å². The third-order valence-corrected chi connectivity index (χ3v) is 5.34. The fraction of sp³-hybridized carbons (Fsp3) is 0.550. The molecule has 0 bridgehead atoms. The molecule has 2 fully saturated rings. The van der Waals surface area contributed by atoms with E-state index < -0.39 is 6.09 Å². The molecule has 164 valence electrons. The monoisotopic (exact) mass is 419 g/mol. The van der Waals surface area contributed by atoms with E-state index in [-0.39, 0.29) is 12.0 Å². The van der Waals surface area contributed by atoms with Gasteiger partial charge >= 0.3 is 12.2 Å². The van der Waals surface area contributed by atoms with Gasteiger partial charge in [-0.15, -0.1) is 0 Å². The highest BCUT2D eigenvalue weighted by Gasteiger charge is 2.24. The number of carbonyl (C=O) groups excluding carboxylic acids is 3. The fourth-order valence-electron chi connectivity index (χ4n) is 3.73. The molecule has 10 heteroatoms. The molecule has 0 aliphatic carbocycles. The molecule has 2 aliphatic rings. The molecule has 0 spiro atoms. The molecule has 30 heavy (non-hydrogen) atoms. The summed E-state index contributed by atoms with van der Waals surface area (Å²) in [6.07, 6.45) is -0.190. The first kappa shape index (κ1) is 21.7. The number of methoxy groups -OCH3 is 2. The molecule has 0 saturated carbocycles. The number of carbonyl (C=O) groups is 3. The molecule has 0 unspecified atom stereocenters. The average Bonchev–Trinajstić information content (AvgIpc) is 3.04. The summed E-state index contributed by atoms with van der Waals surface area (Å²) < 4.78 is 9.58. The minimum Gasteiger partial charge on any atom is -0.453 e. The molecule has 0 radical (unpaired) electrons. The molecule has 2 saturated heterocycles. The van der Waals surface area contributed by atoms with Crippen LogP contribution >= 0.6 is 0 Å². The van der Waals surface area contributed by atoms with Gasteiger partial charge in [-0.3, -0.25) is 10.1 Å². The van der Waals surface area contributed by atoms with Crippen LogP contribution in [0.1, 0.15) is 16.8 Å². The van der Waals surface area contributed by atoms with Crippen molar-refractivity contribution >= 4 is 29.5 Å². The molecule has 2 aliphatic heterocycles. The lowest BCUT2D eigenvalue weighted by Crippen LogP contribution is -2.46. The quantitative estimate of drug-likeness (QED) is 0.758. The van der Waals surface area contributed by atoms with Crippen LogP contribution in [0.25, 0.3) is 0 Å². The number of anilines is 2. The first-order valence-corrected chi connectivity index (χ1v) is 10.1. The van der Waals surface area contributed by atoms with Crippen LogP contribution in [0.15, 0.2) is 18.2 Å². The van der Waals surface area contributed by atoms with E-state index in [4.69, 9.17) is 9.47 Å². The summed E-state index contributed by atoms with van der Waals surface area (Å²) in [5.41, 5.74) is 1.80. The van der Waals surface area contributed by atoms with Crippen LogP contribution in [0, 0.1) is 0 Å². The summed E-state index contributed by atoms with van der Waals surface area (Å²) in [6.45, 7) is 5.22. The molecule has 2 heterocycles. The Kier molecular flexibility index (Phi) is 7.34. The summed E-state index contributed by atoms with van der Waals surface area (Å²) in [7, 11) is 2.67. The molecule has 0 atom stereocenters. The molecular formula is C20H29N5O5. The summed E-state index contributed by atoms with van der Waals surface area (Å²) in [5.74, 6) is -0.0660. The first-order chi connectivity index (χ1) is 14.5. The minimum absolute atomic E-state index is 0.0660. The SMILES string of the molecule is COC(=O)Nc1cc(C(=O)N2CCNCC2)ccc1N1CCCN(C(=O)OC)CC1. The maximum atomic E-state index is 12.9. The van der Waals surface area contributed by atoms with Crippen LogP contribution in [0.2, 0.25) is 0 Å². The Morgan fingerprint density at radius 2 is 1.70 bits per heavy atom. The minimum atomic E-state index is -0.603.